The zero-order chi connectivity index (χ0) is 20.5. The normalized spacial score (nSPS) is 17.8. The first-order valence-corrected chi connectivity index (χ1v) is 11.5. The molecule has 2 aliphatic rings. The SMILES string of the molecule is O=C(Cc1ccc(N2CCCC2=O)cc1)N1CCC(c2nc3ccccc3s2)CC1. The number of rotatable bonds is 4. The van der Waals surface area contributed by atoms with Crippen LogP contribution in [0.5, 0.6) is 0 Å². The van der Waals surface area contributed by atoms with Crippen molar-refractivity contribution in [2.75, 3.05) is 24.5 Å². The molecule has 0 saturated carbocycles. The zero-order valence-corrected chi connectivity index (χ0v) is 17.7. The third-order valence-corrected chi connectivity index (χ3v) is 7.38. The Morgan fingerprint density at radius 2 is 1.80 bits per heavy atom. The number of piperidine rings is 1. The number of hydrogen-bond acceptors (Lipinski definition) is 4. The fourth-order valence-corrected chi connectivity index (χ4v) is 5.58. The third-order valence-electron chi connectivity index (χ3n) is 6.18. The van der Waals surface area contributed by atoms with Gasteiger partial charge in [0.2, 0.25) is 11.8 Å². The van der Waals surface area contributed by atoms with Crippen molar-refractivity contribution in [3.05, 3.63) is 59.1 Å². The molecule has 0 aliphatic carbocycles. The van der Waals surface area contributed by atoms with Gasteiger partial charge in [0.05, 0.1) is 21.6 Å². The van der Waals surface area contributed by atoms with Gasteiger partial charge in [-0.2, -0.15) is 0 Å². The van der Waals surface area contributed by atoms with Gasteiger partial charge in [0.25, 0.3) is 0 Å². The van der Waals surface area contributed by atoms with E-state index >= 15 is 0 Å². The van der Waals surface area contributed by atoms with E-state index in [4.69, 9.17) is 4.98 Å². The van der Waals surface area contributed by atoms with E-state index in [0.29, 0.717) is 18.8 Å². The number of carbonyl (C=O) groups excluding carboxylic acids is 2. The van der Waals surface area contributed by atoms with E-state index in [1.807, 2.05) is 40.1 Å². The number of fused-ring (bicyclic) bond motifs is 1. The first-order chi connectivity index (χ1) is 14.7. The zero-order valence-electron chi connectivity index (χ0n) is 16.9. The fourth-order valence-electron chi connectivity index (χ4n) is 4.44. The van der Waals surface area contributed by atoms with Gasteiger partial charge in [-0.1, -0.05) is 24.3 Å². The minimum absolute atomic E-state index is 0.183. The highest BCUT2D eigenvalue weighted by Crippen LogP contribution is 2.34. The number of thiazole rings is 1. The molecule has 0 radical (unpaired) electrons. The summed E-state index contributed by atoms with van der Waals surface area (Å²) in [5.41, 5.74) is 3.02. The van der Waals surface area contributed by atoms with Crippen LogP contribution < -0.4 is 4.90 Å². The van der Waals surface area contributed by atoms with Gasteiger partial charge in [-0.25, -0.2) is 4.98 Å². The summed E-state index contributed by atoms with van der Waals surface area (Å²) in [6.07, 6.45) is 3.92. The van der Waals surface area contributed by atoms with Crippen LogP contribution in [-0.2, 0) is 16.0 Å². The van der Waals surface area contributed by atoms with Gasteiger partial charge in [-0.05, 0) is 49.1 Å². The minimum atomic E-state index is 0.183. The Balaban J connectivity index is 1.17. The monoisotopic (exact) mass is 419 g/mol. The Kier molecular flexibility index (Phi) is 5.25. The highest BCUT2D eigenvalue weighted by molar-refractivity contribution is 7.18. The number of anilines is 1. The highest BCUT2D eigenvalue weighted by atomic mass is 32.1. The van der Waals surface area contributed by atoms with E-state index in [1.54, 1.807) is 11.3 Å². The summed E-state index contributed by atoms with van der Waals surface area (Å²) in [6.45, 7) is 2.38. The lowest BCUT2D eigenvalue weighted by Gasteiger charge is -2.31. The molecule has 2 amide bonds. The Morgan fingerprint density at radius 1 is 1.03 bits per heavy atom. The molecule has 0 atom stereocenters. The molecule has 1 aromatic heterocycles. The van der Waals surface area contributed by atoms with Gasteiger partial charge < -0.3 is 9.80 Å². The number of likely N-dealkylation sites (tertiary alicyclic amines) is 1. The van der Waals surface area contributed by atoms with Crippen molar-refractivity contribution in [2.45, 2.75) is 38.0 Å². The van der Waals surface area contributed by atoms with Crippen molar-refractivity contribution in [3.8, 4) is 0 Å². The average Bonchev–Trinajstić information content (AvgIpc) is 3.40. The largest absolute Gasteiger partial charge is 0.342 e. The number of amides is 2. The van der Waals surface area contributed by atoms with Crippen molar-refractivity contribution >= 4 is 39.1 Å². The Morgan fingerprint density at radius 3 is 2.50 bits per heavy atom. The number of para-hydroxylation sites is 1. The summed E-state index contributed by atoms with van der Waals surface area (Å²) >= 11 is 1.79. The smallest absolute Gasteiger partial charge is 0.227 e. The van der Waals surface area contributed by atoms with Crippen LogP contribution in [0.25, 0.3) is 10.2 Å². The summed E-state index contributed by atoms with van der Waals surface area (Å²) in [5.74, 6) is 0.821. The van der Waals surface area contributed by atoms with Crippen molar-refractivity contribution in [1.29, 1.82) is 0 Å². The van der Waals surface area contributed by atoms with Crippen molar-refractivity contribution in [2.24, 2.45) is 0 Å². The molecule has 5 rings (SSSR count). The molecule has 0 bridgehead atoms. The minimum Gasteiger partial charge on any atom is -0.342 e. The lowest BCUT2D eigenvalue weighted by atomic mass is 9.97. The number of benzene rings is 2. The van der Waals surface area contributed by atoms with Crippen molar-refractivity contribution in [3.63, 3.8) is 0 Å². The van der Waals surface area contributed by atoms with Crippen LogP contribution in [0, 0.1) is 0 Å². The van der Waals surface area contributed by atoms with Crippen LogP contribution in [0.1, 0.15) is 42.2 Å². The predicted octanol–water partition coefficient (Wildman–Crippen LogP) is 4.37. The molecule has 2 aliphatic heterocycles. The summed E-state index contributed by atoms with van der Waals surface area (Å²) in [5, 5.41) is 1.20. The first-order valence-electron chi connectivity index (χ1n) is 10.7. The lowest BCUT2D eigenvalue weighted by molar-refractivity contribution is -0.131. The van der Waals surface area contributed by atoms with E-state index in [-0.39, 0.29) is 11.8 Å². The van der Waals surface area contributed by atoms with Crippen LogP contribution in [-0.4, -0.2) is 41.3 Å². The van der Waals surface area contributed by atoms with Crippen LogP contribution in [0.4, 0.5) is 5.69 Å². The Bertz CT molecular complexity index is 1030. The molecular weight excluding hydrogens is 394 g/mol. The molecule has 0 N–H and O–H groups in total. The molecular formula is C24H25N3O2S. The average molecular weight is 420 g/mol. The van der Waals surface area contributed by atoms with Crippen LogP contribution in [0.15, 0.2) is 48.5 Å². The molecule has 2 saturated heterocycles. The molecule has 0 unspecified atom stereocenters. The van der Waals surface area contributed by atoms with E-state index in [9.17, 15) is 9.59 Å². The molecule has 5 nitrogen and oxygen atoms in total. The molecule has 3 aromatic rings. The lowest BCUT2D eigenvalue weighted by Crippen LogP contribution is -2.38. The second-order valence-electron chi connectivity index (χ2n) is 8.17. The molecule has 30 heavy (non-hydrogen) atoms. The second-order valence-corrected chi connectivity index (χ2v) is 9.23. The summed E-state index contributed by atoms with van der Waals surface area (Å²) in [6, 6.07) is 16.2. The van der Waals surface area contributed by atoms with E-state index in [0.717, 1.165) is 55.7 Å². The third kappa shape index (κ3) is 3.84. The molecule has 0 spiro atoms. The maximum Gasteiger partial charge on any atom is 0.227 e. The van der Waals surface area contributed by atoms with Gasteiger partial charge in [-0.3, -0.25) is 9.59 Å². The maximum absolute atomic E-state index is 12.8. The van der Waals surface area contributed by atoms with E-state index < -0.39 is 0 Å². The first kappa shape index (κ1) is 19.2. The number of carbonyl (C=O) groups is 2. The quantitative estimate of drug-likeness (QED) is 0.631. The molecule has 6 heteroatoms. The second kappa shape index (κ2) is 8.19. The molecule has 3 heterocycles. The van der Waals surface area contributed by atoms with Crippen LogP contribution in [0.3, 0.4) is 0 Å². The van der Waals surface area contributed by atoms with E-state index in [1.165, 1.54) is 9.71 Å². The summed E-state index contributed by atoms with van der Waals surface area (Å²) in [4.78, 5) is 33.3. The Hall–Kier alpha value is -2.73. The van der Waals surface area contributed by atoms with Crippen molar-refractivity contribution in [1.82, 2.24) is 9.88 Å². The van der Waals surface area contributed by atoms with E-state index in [2.05, 4.69) is 18.2 Å². The fraction of sp³-hybridized carbons (Fsp3) is 0.375. The summed E-state index contributed by atoms with van der Waals surface area (Å²) in [7, 11) is 0. The van der Waals surface area contributed by atoms with Gasteiger partial charge in [0.15, 0.2) is 0 Å². The number of nitrogens with zero attached hydrogens (tertiary/aromatic N) is 3. The number of hydrogen-bond donors (Lipinski definition) is 0. The number of aromatic nitrogens is 1. The van der Waals surface area contributed by atoms with Crippen LogP contribution in [0.2, 0.25) is 0 Å². The van der Waals surface area contributed by atoms with Crippen molar-refractivity contribution < 1.29 is 9.59 Å². The van der Waals surface area contributed by atoms with Crippen LogP contribution >= 0.6 is 11.3 Å². The standard InChI is InChI=1S/C24H25N3O2S/c28-22-6-3-13-27(22)19-9-7-17(8-10-19)16-23(29)26-14-11-18(12-15-26)24-25-20-4-1-2-5-21(20)30-24/h1-2,4-5,7-10,18H,3,6,11-16H2. The van der Waals surface area contributed by atoms with Gasteiger partial charge in [-0.15, -0.1) is 11.3 Å². The Labute approximate surface area is 180 Å². The van der Waals surface area contributed by atoms with Gasteiger partial charge in [0.1, 0.15) is 0 Å². The molecule has 2 aromatic carbocycles. The molecule has 154 valence electrons. The van der Waals surface area contributed by atoms with Gasteiger partial charge >= 0.3 is 0 Å². The summed E-state index contributed by atoms with van der Waals surface area (Å²) < 4.78 is 1.24. The topological polar surface area (TPSA) is 53.5 Å². The predicted molar refractivity (Wildman–Crippen MR) is 120 cm³/mol. The van der Waals surface area contributed by atoms with Gasteiger partial charge in [0, 0.05) is 37.7 Å². The molecule has 2 fully saturated rings. The highest BCUT2D eigenvalue weighted by Gasteiger charge is 2.26. The maximum atomic E-state index is 12.8.